The fraction of sp³-hybridized carbons (Fsp3) is 1.00. The minimum absolute atomic E-state index is 0. The summed E-state index contributed by atoms with van der Waals surface area (Å²) in [5.41, 5.74) is 0. The number of aliphatic hydroxyl groups is 4. The van der Waals surface area contributed by atoms with Crippen molar-refractivity contribution >= 4 is 7.82 Å². The first-order valence-corrected chi connectivity index (χ1v) is 10.5. The van der Waals surface area contributed by atoms with Crippen LogP contribution in [0.2, 0.25) is 0 Å². The summed E-state index contributed by atoms with van der Waals surface area (Å²) in [7, 11) is -4.68. The van der Waals surface area contributed by atoms with Crippen molar-refractivity contribution in [1.29, 1.82) is 0 Å². The first kappa shape index (κ1) is 25.9. The molecule has 0 bridgehead atoms. The minimum atomic E-state index is -4.68. The van der Waals surface area contributed by atoms with Crippen LogP contribution in [0.15, 0.2) is 0 Å². The molecule has 2 rings (SSSR count). The van der Waals surface area contributed by atoms with Gasteiger partial charge in [-0.1, -0.05) is 27.2 Å². The van der Waals surface area contributed by atoms with Gasteiger partial charge in [-0.15, -0.1) is 0 Å². The van der Waals surface area contributed by atoms with Crippen molar-refractivity contribution in [2.45, 2.75) is 76.8 Å². The quantitative estimate of drug-likeness (QED) is 0.257. The molecule has 9 atom stereocenters. The first-order chi connectivity index (χ1) is 12.0. The standard InChI is InChI=1S/C16H31O9P.Na/c1-8(2)10-5-4-9(3)6-11(10)25-26(21,22)23-7-12-13(17)14(18)15(19)16(20)24-12;/h8-20H,4-7H2,1-3H3,(H,21,22);/q;+1/p-1/t9?,10?,11?,12-,13-,14+,15-,16?;/m1./s1. The van der Waals surface area contributed by atoms with Crippen molar-refractivity contribution in [3.05, 3.63) is 0 Å². The van der Waals surface area contributed by atoms with Gasteiger partial charge >= 0.3 is 29.6 Å². The summed E-state index contributed by atoms with van der Waals surface area (Å²) in [5, 5.41) is 38.4. The van der Waals surface area contributed by atoms with E-state index in [1.807, 2.05) is 20.8 Å². The molecule has 4 N–H and O–H groups in total. The number of ether oxygens (including phenoxy) is 1. The predicted octanol–water partition coefficient (Wildman–Crippen LogP) is -3.25. The van der Waals surface area contributed by atoms with E-state index in [0.29, 0.717) is 12.3 Å². The van der Waals surface area contributed by atoms with Gasteiger partial charge in [0.1, 0.15) is 24.4 Å². The maximum absolute atomic E-state index is 12.2. The molecule has 11 heteroatoms. The number of hydrogen-bond acceptors (Lipinski definition) is 9. The third-order valence-corrected chi connectivity index (χ3v) is 6.30. The van der Waals surface area contributed by atoms with Crippen LogP contribution in [0, 0.1) is 17.8 Å². The largest absolute Gasteiger partial charge is 1.00 e. The molecule has 1 aliphatic heterocycles. The number of hydrogen-bond donors (Lipinski definition) is 4. The van der Waals surface area contributed by atoms with E-state index in [4.69, 9.17) is 13.8 Å². The third-order valence-electron chi connectivity index (χ3n) is 5.31. The molecule has 1 aliphatic carbocycles. The molecule has 27 heavy (non-hydrogen) atoms. The van der Waals surface area contributed by atoms with Crippen molar-refractivity contribution in [2.24, 2.45) is 17.8 Å². The Kier molecular flexibility index (Phi) is 10.4. The normalized spacial score (nSPS) is 42.4. The van der Waals surface area contributed by atoms with Gasteiger partial charge in [0.2, 0.25) is 0 Å². The minimum Gasteiger partial charge on any atom is -0.756 e. The fourth-order valence-corrected chi connectivity index (χ4v) is 4.63. The van der Waals surface area contributed by atoms with Gasteiger partial charge in [-0.25, -0.2) is 0 Å². The van der Waals surface area contributed by atoms with Gasteiger partial charge in [0.25, 0.3) is 7.82 Å². The van der Waals surface area contributed by atoms with Crippen molar-refractivity contribution < 1.29 is 73.2 Å². The Morgan fingerprint density at radius 2 is 1.78 bits per heavy atom. The molecule has 2 fully saturated rings. The van der Waals surface area contributed by atoms with Crippen molar-refractivity contribution in [1.82, 2.24) is 0 Å². The summed E-state index contributed by atoms with van der Waals surface area (Å²) in [6.45, 7) is 5.45. The topological polar surface area (TPSA) is 149 Å². The fourth-order valence-electron chi connectivity index (χ4n) is 3.67. The van der Waals surface area contributed by atoms with E-state index in [1.165, 1.54) is 0 Å². The van der Waals surface area contributed by atoms with E-state index in [2.05, 4.69) is 0 Å². The maximum atomic E-state index is 12.2. The number of phosphoric ester groups is 1. The van der Waals surface area contributed by atoms with Crippen molar-refractivity contribution in [2.75, 3.05) is 6.61 Å². The molecular formula is C16H30NaO9P. The SMILES string of the molecule is CC1CCC(C(C)C)C(OP(=O)([O-])OC[C@H]2OC(O)[C@H](O)[C@@H](O)[C@@H]2O)C1.[Na+]. The Labute approximate surface area is 181 Å². The molecule has 1 saturated heterocycles. The molecule has 0 radical (unpaired) electrons. The van der Waals surface area contributed by atoms with E-state index >= 15 is 0 Å². The zero-order chi connectivity index (χ0) is 19.6. The van der Waals surface area contributed by atoms with E-state index in [-0.39, 0.29) is 41.4 Å². The zero-order valence-corrected chi connectivity index (χ0v) is 19.2. The van der Waals surface area contributed by atoms with Crippen LogP contribution in [0.4, 0.5) is 0 Å². The predicted molar refractivity (Wildman–Crippen MR) is 88.7 cm³/mol. The summed E-state index contributed by atoms with van der Waals surface area (Å²) in [4.78, 5) is 12.2. The van der Waals surface area contributed by atoms with Crippen LogP contribution in [-0.2, 0) is 18.3 Å². The Morgan fingerprint density at radius 1 is 1.15 bits per heavy atom. The molecular weight excluding hydrogens is 390 g/mol. The molecule has 9 nitrogen and oxygen atoms in total. The van der Waals surface area contributed by atoms with Crippen molar-refractivity contribution in [3.63, 3.8) is 0 Å². The molecule has 2 aliphatic rings. The Balaban J connectivity index is 0.00000364. The molecule has 1 saturated carbocycles. The molecule has 5 unspecified atom stereocenters. The van der Waals surface area contributed by atoms with E-state index in [1.54, 1.807) is 0 Å². The zero-order valence-electron chi connectivity index (χ0n) is 16.3. The van der Waals surface area contributed by atoms with E-state index in [9.17, 15) is 29.9 Å². The Morgan fingerprint density at radius 3 is 2.37 bits per heavy atom. The van der Waals surface area contributed by atoms with E-state index < -0.39 is 51.2 Å². The second-order valence-corrected chi connectivity index (χ2v) is 9.11. The van der Waals surface area contributed by atoms with Gasteiger partial charge in [0.15, 0.2) is 6.29 Å². The third kappa shape index (κ3) is 6.98. The summed E-state index contributed by atoms with van der Waals surface area (Å²) >= 11 is 0. The molecule has 1 heterocycles. The second-order valence-electron chi connectivity index (χ2n) is 7.75. The van der Waals surface area contributed by atoms with Crippen LogP contribution in [0.25, 0.3) is 0 Å². The maximum Gasteiger partial charge on any atom is 1.00 e. The molecule has 154 valence electrons. The average molecular weight is 420 g/mol. The summed E-state index contributed by atoms with van der Waals surface area (Å²) in [6, 6.07) is 0. The second kappa shape index (κ2) is 10.8. The molecule has 0 aromatic heterocycles. The Bertz CT molecular complexity index is 508. The van der Waals surface area contributed by atoms with Crippen LogP contribution >= 0.6 is 7.82 Å². The molecule has 0 amide bonds. The van der Waals surface area contributed by atoms with Gasteiger partial charge in [-0.3, -0.25) is 4.57 Å². The smallest absolute Gasteiger partial charge is 0.756 e. The van der Waals surface area contributed by atoms with Crippen LogP contribution in [-0.4, -0.2) is 63.8 Å². The first-order valence-electron chi connectivity index (χ1n) is 9.03. The number of aliphatic hydroxyl groups excluding tert-OH is 4. The summed E-state index contributed by atoms with van der Waals surface area (Å²) < 4.78 is 27.2. The van der Waals surface area contributed by atoms with Gasteiger partial charge in [0, 0.05) is 0 Å². The number of rotatable bonds is 6. The van der Waals surface area contributed by atoms with Gasteiger partial charge < -0.3 is 39.1 Å². The molecule has 0 aromatic carbocycles. The van der Waals surface area contributed by atoms with E-state index in [0.717, 1.165) is 12.8 Å². The summed E-state index contributed by atoms with van der Waals surface area (Å²) in [5.74, 6) is 0.723. The van der Waals surface area contributed by atoms with Gasteiger partial charge in [-0.05, 0) is 30.6 Å². The van der Waals surface area contributed by atoms with Crippen LogP contribution in [0.3, 0.4) is 0 Å². The average Bonchev–Trinajstić information content (AvgIpc) is 2.54. The van der Waals surface area contributed by atoms with Crippen LogP contribution in [0.5, 0.6) is 0 Å². The Hall–Kier alpha value is 0.910. The van der Waals surface area contributed by atoms with Crippen LogP contribution in [0.1, 0.15) is 40.0 Å². The monoisotopic (exact) mass is 420 g/mol. The number of phosphoric acid groups is 1. The van der Waals surface area contributed by atoms with Crippen molar-refractivity contribution in [3.8, 4) is 0 Å². The molecule has 0 spiro atoms. The molecule has 0 aromatic rings. The van der Waals surface area contributed by atoms with Crippen LogP contribution < -0.4 is 34.5 Å². The van der Waals surface area contributed by atoms with Gasteiger partial charge in [-0.2, -0.15) is 0 Å². The van der Waals surface area contributed by atoms with Gasteiger partial charge in [0.05, 0.1) is 12.7 Å². The summed E-state index contributed by atoms with van der Waals surface area (Å²) in [6.07, 6.45) is -6.00.